The number of hydrogen-bond acceptors (Lipinski definition) is 5. The minimum atomic E-state index is -4.29. The molecule has 1 aliphatic rings. The van der Waals surface area contributed by atoms with E-state index >= 15 is 0 Å². The third-order valence-corrected chi connectivity index (χ3v) is 5.26. The molecule has 0 spiro atoms. The van der Waals surface area contributed by atoms with Gasteiger partial charge in [0.2, 0.25) is 0 Å². The van der Waals surface area contributed by atoms with Crippen LogP contribution in [0.4, 0.5) is 13.2 Å². The number of carbonyl (C=O) groups excluding carboxylic acids is 1. The van der Waals surface area contributed by atoms with Crippen molar-refractivity contribution >= 4 is 5.91 Å². The molecule has 1 amide bonds. The molecule has 2 heterocycles. The first kappa shape index (κ1) is 24.1. The van der Waals surface area contributed by atoms with Crippen molar-refractivity contribution in [2.45, 2.75) is 33.1 Å². The number of ether oxygens (including phenoxy) is 2. The molecule has 0 radical (unpaired) electrons. The lowest BCUT2D eigenvalue weighted by Crippen LogP contribution is -2.48. The molecule has 9 heteroatoms. The number of alkyl halides is 3. The maximum absolute atomic E-state index is 12.7. The lowest BCUT2D eigenvalue weighted by molar-refractivity contribution is -0.174. The predicted octanol–water partition coefficient (Wildman–Crippen LogP) is 4.20. The number of carbonyl (C=O) groups is 1. The highest BCUT2D eigenvalue weighted by Crippen LogP contribution is 2.21. The van der Waals surface area contributed by atoms with Crippen LogP contribution >= 0.6 is 0 Å². The standard InChI is InChI=1S/C23H29F3N2O4/c1-17-4-6-20(18(2)14-17)31-15-19-5-7-21(32-19)22(29)28-11-9-27(10-12-28)8-3-13-30-16-23(24,25)26/h4-7,14H,3,8-13,15-16H2,1-2H3. The smallest absolute Gasteiger partial charge is 0.411 e. The Labute approximate surface area is 185 Å². The van der Waals surface area contributed by atoms with E-state index in [-0.39, 0.29) is 24.9 Å². The van der Waals surface area contributed by atoms with Crippen molar-refractivity contribution in [1.82, 2.24) is 9.80 Å². The van der Waals surface area contributed by atoms with Crippen LogP contribution in [-0.4, -0.2) is 67.8 Å². The number of halogens is 3. The predicted molar refractivity (Wildman–Crippen MR) is 113 cm³/mol. The minimum Gasteiger partial charge on any atom is -0.485 e. The average molecular weight is 454 g/mol. The first-order valence-electron chi connectivity index (χ1n) is 10.7. The molecule has 0 bridgehead atoms. The molecule has 1 aliphatic heterocycles. The molecule has 0 saturated carbocycles. The third kappa shape index (κ3) is 7.27. The van der Waals surface area contributed by atoms with Gasteiger partial charge in [-0.3, -0.25) is 9.69 Å². The second-order valence-corrected chi connectivity index (χ2v) is 7.98. The minimum absolute atomic E-state index is 0.0675. The summed E-state index contributed by atoms with van der Waals surface area (Å²) < 4.78 is 52.3. The summed E-state index contributed by atoms with van der Waals surface area (Å²) in [5.74, 6) is 1.46. The molecule has 32 heavy (non-hydrogen) atoms. The number of nitrogens with zero attached hydrogens (tertiary/aromatic N) is 2. The van der Waals surface area contributed by atoms with Gasteiger partial charge in [0.1, 0.15) is 24.7 Å². The molecule has 0 atom stereocenters. The Morgan fingerprint density at radius 1 is 1.09 bits per heavy atom. The van der Waals surface area contributed by atoms with Crippen LogP contribution in [0.1, 0.15) is 33.9 Å². The molecule has 3 rings (SSSR count). The van der Waals surface area contributed by atoms with Crippen molar-refractivity contribution in [3.8, 4) is 5.75 Å². The number of rotatable bonds is 9. The van der Waals surface area contributed by atoms with Crippen LogP contribution in [0.2, 0.25) is 0 Å². The fourth-order valence-electron chi connectivity index (χ4n) is 3.59. The van der Waals surface area contributed by atoms with E-state index in [2.05, 4.69) is 9.64 Å². The number of benzene rings is 1. The van der Waals surface area contributed by atoms with Gasteiger partial charge in [0.05, 0.1) is 0 Å². The Morgan fingerprint density at radius 3 is 2.53 bits per heavy atom. The maximum atomic E-state index is 12.7. The normalized spacial score (nSPS) is 15.2. The van der Waals surface area contributed by atoms with Gasteiger partial charge >= 0.3 is 6.18 Å². The maximum Gasteiger partial charge on any atom is 0.411 e. The molecule has 1 fully saturated rings. The molecule has 1 saturated heterocycles. The van der Waals surface area contributed by atoms with Gasteiger partial charge < -0.3 is 18.8 Å². The Hall–Kier alpha value is -2.52. The molecule has 0 N–H and O–H groups in total. The summed E-state index contributed by atoms with van der Waals surface area (Å²) in [7, 11) is 0. The van der Waals surface area contributed by atoms with E-state index in [0.717, 1.165) is 16.9 Å². The summed E-state index contributed by atoms with van der Waals surface area (Å²) in [5.41, 5.74) is 2.20. The molecule has 6 nitrogen and oxygen atoms in total. The topological polar surface area (TPSA) is 55.2 Å². The van der Waals surface area contributed by atoms with Crippen LogP contribution in [0.5, 0.6) is 5.75 Å². The van der Waals surface area contributed by atoms with Gasteiger partial charge in [0.25, 0.3) is 5.91 Å². The van der Waals surface area contributed by atoms with Crippen LogP contribution in [0.15, 0.2) is 34.7 Å². The first-order chi connectivity index (χ1) is 15.2. The lowest BCUT2D eigenvalue weighted by Gasteiger charge is -2.34. The number of furan rings is 1. The van der Waals surface area contributed by atoms with E-state index in [1.54, 1.807) is 17.0 Å². The van der Waals surface area contributed by atoms with Gasteiger partial charge in [0.15, 0.2) is 5.76 Å². The van der Waals surface area contributed by atoms with Gasteiger partial charge in [-0.25, -0.2) is 0 Å². The van der Waals surface area contributed by atoms with Crippen molar-refractivity contribution in [2.75, 3.05) is 45.9 Å². The van der Waals surface area contributed by atoms with Gasteiger partial charge in [-0.2, -0.15) is 13.2 Å². The molecular weight excluding hydrogens is 425 g/mol. The first-order valence-corrected chi connectivity index (χ1v) is 10.7. The molecule has 0 unspecified atom stereocenters. The Bertz CT molecular complexity index is 890. The van der Waals surface area contributed by atoms with Crippen molar-refractivity contribution in [3.63, 3.8) is 0 Å². The van der Waals surface area contributed by atoms with Gasteiger partial charge in [-0.05, 0) is 44.0 Å². The highest BCUT2D eigenvalue weighted by atomic mass is 19.4. The molecule has 1 aromatic carbocycles. The summed E-state index contributed by atoms with van der Waals surface area (Å²) >= 11 is 0. The monoisotopic (exact) mass is 454 g/mol. The van der Waals surface area contributed by atoms with Crippen molar-refractivity contribution < 1.29 is 31.9 Å². The molecule has 0 aliphatic carbocycles. The van der Waals surface area contributed by atoms with Crippen LogP contribution in [0.25, 0.3) is 0 Å². The van der Waals surface area contributed by atoms with E-state index in [1.807, 2.05) is 32.0 Å². The molecule has 176 valence electrons. The molecule has 2 aromatic rings. The van der Waals surface area contributed by atoms with Gasteiger partial charge in [0, 0.05) is 39.3 Å². The third-order valence-electron chi connectivity index (χ3n) is 5.26. The Kier molecular flexibility index (Phi) is 8.20. The van der Waals surface area contributed by atoms with Crippen molar-refractivity contribution in [1.29, 1.82) is 0 Å². The second-order valence-electron chi connectivity index (χ2n) is 7.98. The largest absolute Gasteiger partial charge is 0.485 e. The van der Waals surface area contributed by atoms with E-state index < -0.39 is 12.8 Å². The summed E-state index contributed by atoms with van der Waals surface area (Å²) in [6.07, 6.45) is -3.77. The number of piperazine rings is 1. The summed E-state index contributed by atoms with van der Waals surface area (Å²) in [6, 6.07) is 9.35. The highest BCUT2D eigenvalue weighted by molar-refractivity contribution is 5.91. The average Bonchev–Trinajstić information content (AvgIpc) is 3.21. The van der Waals surface area contributed by atoms with E-state index in [1.165, 1.54) is 0 Å². The SMILES string of the molecule is Cc1ccc(OCc2ccc(C(=O)N3CCN(CCCOCC(F)(F)F)CC3)o2)c(C)c1. The van der Waals surface area contributed by atoms with Crippen LogP contribution in [-0.2, 0) is 11.3 Å². The van der Waals surface area contributed by atoms with Crippen LogP contribution < -0.4 is 4.74 Å². The van der Waals surface area contributed by atoms with E-state index in [9.17, 15) is 18.0 Å². The Morgan fingerprint density at radius 2 is 1.84 bits per heavy atom. The van der Waals surface area contributed by atoms with Gasteiger partial charge in [-0.1, -0.05) is 17.7 Å². The fraction of sp³-hybridized carbons (Fsp3) is 0.522. The zero-order valence-corrected chi connectivity index (χ0v) is 18.4. The quantitative estimate of drug-likeness (QED) is 0.532. The zero-order chi connectivity index (χ0) is 23.1. The second kappa shape index (κ2) is 10.9. The Balaban J connectivity index is 1.39. The van der Waals surface area contributed by atoms with E-state index in [0.29, 0.717) is 44.9 Å². The molecule has 1 aromatic heterocycles. The fourth-order valence-corrected chi connectivity index (χ4v) is 3.59. The molecular formula is C23H29F3N2O4. The van der Waals surface area contributed by atoms with Crippen molar-refractivity contribution in [2.24, 2.45) is 0 Å². The van der Waals surface area contributed by atoms with Crippen molar-refractivity contribution in [3.05, 3.63) is 53.0 Å². The highest BCUT2D eigenvalue weighted by Gasteiger charge is 2.27. The summed E-state index contributed by atoms with van der Waals surface area (Å²) in [5, 5.41) is 0. The number of amides is 1. The van der Waals surface area contributed by atoms with Crippen LogP contribution in [0, 0.1) is 13.8 Å². The summed E-state index contributed by atoms with van der Waals surface area (Å²) in [4.78, 5) is 16.6. The zero-order valence-electron chi connectivity index (χ0n) is 18.4. The van der Waals surface area contributed by atoms with Crippen LogP contribution in [0.3, 0.4) is 0 Å². The number of aryl methyl sites for hydroxylation is 2. The lowest BCUT2D eigenvalue weighted by atomic mass is 10.1. The summed E-state index contributed by atoms with van der Waals surface area (Å²) in [6.45, 7) is 6.14. The van der Waals surface area contributed by atoms with Gasteiger partial charge in [-0.15, -0.1) is 0 Å². The number of hydrogen-bond donors (Lipinski definition) is 0. The van der Waals surface area contributed by atoms with E-state index in [4.69, 9.17) is 9.15 Å².